The number of aromatic nitrogens is 3. The average Bonchev–Trinajstić information content (AvgIpc) is 3.10. The summed E-state index contributed by atoms with van der Waals surface area (Å²) >= 11 is 3.41. The van der Waals surface area contributed by atoms with Gasteiger partial charge in [0, 0.05) is 29.7 Å². The summed E-state index contributed by atoms with van der Waals surface area (Å²) in [5, 5.41) is 17.2. The third-order valence-electron chi connectivity index (χ3n) is 3.73. The number of rotatable bonds is 3. The van der Waals surface area contributed by atoms with Crippen molar-refractivity contribution in [3.8, 4) is 11.4 Å². The lowest BCUT2D eigenvalue weighted by atomic mass is 10.1. The van der Waals surface area contributed by atoms with Gasteiger partial charge in [0.15, 0.2) is 5.82 Å². The van der Waals surface area contributed by atoms with Gasteiger partial charge in [-0.25, -0.2) is 4.79 Å². The standard InChI is InChI=1S/C14H15BrN4O2/c15-12-3-1-11(2-4-12)13-17-16-9-19(13)8-10-5-6-18(7-10)14(20)21/h1-4,9-10H,5-8H2,(H,20,21)/t10-/m0/s1. The number of likely N-dealkylation sites (tertiary alicyclic amines) is 1. The minimum atomic E-state index is -0.839. The van der Waals surface area contributed by atoms with E-state index in [1.54, 1.807) is 6.33 Å². The van der Waals surface area contributed by atoms with Crippen LogP contribution < -0.4 is 0 Å². The average molecular weight is 351 g/mol. The molecule has 1 atom stereocenters. The van der Waals surface area contributed by atoms with Crippen LogP contribution in [-0.2, 0) is 6.54 Å². The first-order valence-corrected chi connectivity index (χ1v) is 7.54. The summed E-state index contributed by atoms with van der Waals surface area (Å²) in [5.74, 6) is 1.13. The van der Waals surface area contributed by atoms with Crippen molar-refractivity contribution in [1.29, 1.82) is 0 Å². The normalized spacial score (nSPS) is 18.1. The number of carbonyl (C=O) groups is 1. The number of hydrogen-bond donors (Lipinski definition) is 1. The topological polar surface area (TPSA) is 71.2 Å². The molecular formula is C14H15BrN4O2. The lowest BCUT2D eigenvalue weighted by molar-refractivity contribution is 0.153. The fraction of sp³-hybridized carbons (Fsp3) is 0.357. The van der Waals surface area contributed by atoms with Gasteiger partial charge in [0.25, 0.3) is 0 Å². The smallest absolute Gasteiger partial charge is 0.407 e. The number of amides is 1. The van der Waals surface area contributed by atoms with Crippen molar-refractivity contribution in [2.24, 2.45) is 5.92 Å². The Kier molecular flexibility index (Phi) is 3.92. The molecular weight excluding hydrogens is 336 g/mol. The van der Waals surface area contributed by atoms with Crippen LogP contribution >= 0.6 is 15.9 Å². The van der Waals surface area contributed by atoms with Crippen molar-refractivity contribution in [3.63, 3.8) is 0 Å². The van der Waals surface area contributed by atoms with Crippen molar-refractivity contribution in [1.82, 2.24) is 19.7 Å². The number of carboxylic acid groups (broad SMARTS) is 1. The molecule has 2 aromatic rings. The first kappa shape index (κ1) is 14.1. The first-order valence-electron chi connectivity index (χ1n) is 6.75. The zero-order valence-corrected chi connectivity index (χ0v) is 12.9. The van der Waals surface area contributed by atoms with E-state index < -0.39 is 6.09 Å². The van der Waals surface area contributed by atoms with Gasteiger partial charge in [-0.15, -0.1) is 10.2 Å². The van der Waals surface area contributed by atoms with Crippen LogP contribution in [0.5, 0.6) is 0 Å². The molecule has 6 nitrogen and oxygen atoms in total. The molecule has 0 aliphatic carbocycles. The van der Waals surface area contributed by atoms with E-state index in [1.165, 1.54) is 4.90 Å². The van der Waals surface area contributed by atoms with Gasteiger partial charge >= 0.3 is 6.09 Å². The Balaban J connectivity index is 1.74. The number of benzene rings is 1. The Morgan fingerprint density at radius 3 is 2.81 bits per heavy atom. The van der Waals surface area contributed by atoms with E-state index in [4.69, 9.17) is 5.11 Å². The van der Waals surface area contributed by atoms with Crippen LogP contribution in [0.3, 0.4) is 0 Å². The van der Waals surface area contributed by atoms with E-state index in [9.17, 15) is 4.79 Å². The van der Waals surface area contributed by atoms with Gasteiger partial charge in [-0.1, -0.05) is 28.1 Å². The van der Waals surface area contributed by atoms with Gasteiger partial charge in [-0.2, -0.15) is 0 Å². The second kappa shape index (κ2) is 5.85. The molecule has 0 bridgehead atoms. The van der Waals surface area contributed by atoms with Crippen LogP contribution in [0, 0.1) is 5.92 Å². The van der Waals surface area contributed by atoms with Crippen molar-refractivity contribution >= 4 is 22.0 Å². The van der Waals surface area contributed by atoms with E-state index in [2.05, 4.69) is 26.1 Å². The SMILES string of the molecule is O=C(O)N1CC[C@H](Cn2cnnc2-c2ccc(Br)cc2)C1. The highest BCUT2D eigenvalue weighted by atomic mass is 79.9. The molecule has 1 N–H and O–H groups in total. The molecule has 3 rings (SSSR count). The molecule has 1 fully saturated rings. The third kappa shape index (κ3) is 3.07. The molecule has 0 radical (unpaired) electrons. The molecule has 2 heterocycles. The molecule has 21 heavy (non-hydrogen) atoms. The number of nitrogens with zero attached hydrogens (tertiary/aromatic N) is 4. The van der Waals surface area contributed by atoms with Crippen LogP contribution in [0.1, 0.15) is 6.42 Å². The van der Waals surface area contributed by atoms with Gasteiger partial charge in [-0.3, -0.25) is 0 Å². The summed E-state index contributed by atoms with van der Waals surface area (Å²) in [6.07, 6.45) is 1.75. The van der Waals surface area contributed by atoms with E-state index in [-0.39, 0.29) is 0 Å². The Labute approximate surface area is 130 Å². The van der Waals surface area contributed by atoms with Crippen molar-refractivity contribution in [2.75, 3.05) is 13.1 Å². The molecule has 1 aromatic carbocycles. The first-order chi connectivity index (χ1) is 10.1. The fourth-order valence-electron chi connectivity index (χ4n) is 2.64. The molecule has 0 saturated carbocycles. The molecule has 1 aliphatic rings. The van der Waals surface area contributed by atoms with E-state index >= 15 is 0 Å². The highest BCUT2D eigenvalue weighted by Gasteiger charge is 2.26. The number of halogens is 1. The van der Waals surface area contributed by atoms with Crippen LogP contribution in [-0.4, -0.2) is 44.0 Å². The highest BCUT2D eigenvalue weighted by Crippen LogP contribution is 2.23. The van der Waals surface area contributed by atoms with Crippen molar-refractivity contribution in [3.05, 3.63) is 35.1 Å². The zero-order valence-electron chi connectivity index (χ0n) is 11.3. The largest absolute Gasteiger partial charge is 0.465 e. The molecule has 1 aliphatic heterocycles. The minimum absolute atomic E-state index is 0.311. The van der Waals surface area contributed by atoms with Crippen LogP contribution in [0.25, 0.3) is 11.4 Å². The maximum Gasteiger partial charge on any atom is 0.407 e. The molecule has 0 spiro atoms. The number of hydrogen-bond acceptors (Lipinski definition) is 3. The quantitative estimate of drug-likeness (QED) is 0.923. The van der Waals surface area contributed by atoms with Gasteiger partial charge < -0.3 is 14.6 Å². The Bertz CT molecular complexity index is 641. The minimum Gasteiger partial charge on any atom is -0.465 e. The van der Waals surface area contributed by atoms with Crippen molar-refractivity contribution in [2.45, 2.75) is 13.0 Å². The van der Waals surface area contributed by atoms with Gasteiger partial charge in [0.2, 0.25) is 0 Å². The van der Waals surface area contributed by atoms with Crippen LogP contribution in [0.2, 0.25) is 0 Å². The maximum atomic E-state index is 11.0. The highest BCUT2D eigenvalue weighted by molar-refractivity contribution is 9.10. The van der Waals surface area contributed by atoms with E-state index in [1.807, 2.05) is 28.8 Å². The Morgan fingerprint density at radius 1 is 1.38 bits per heavy atom. The molecule has 0 unspecified atom stereocenters. The Hall–Kier alpha value is -1.89. The summed E-state index contributed by atoms with van der Waals surface area (Å²) in [5.41, 5.74) is 1.00. The van der Waals surface area contributed by atoms with Crippen LogP contribution in [0.15, 0.2) is 35.1 Å². The van der Waals surface area contributed by atoms with Gasteiger partial charge in [0.1, 0.15) is 6.33 Å². The predicted molar refractivity (Wildman–Crippen MR) is 80.9 cm³/mol. The second-order valence-corrected chi connectivity index (χ2v) is 6.11. The molecule has 1 amide bonds. The fourth-order valence-corrected chi connectivity index (χ4v) is 2.91. The lowest BCUT2D eigenvalue weighted by Gasteiger charge is -2.14. The Morgan fingerprint density at radius 2 is 2.14 bits per heavy atom. The molecule has 1 aromatic heterocycles. The van der Waals surface area contributed by atoms with Gasteiger partial charge in [-0.05, 0) is 24.5 Å². The summed E-state index contributed by atoms with van der Waals surface area (Å²) in [6.45, 7) is 1.92. The summed E-state index contributed by atoms with van der Waals surface area (Å²) in [4.78, 5) is 12.4. The van der Waals surface area contributed by atoms with Gasteiger partial charge in [0.05, 0.1) is 0 Å². The second-order valence-electron chi connectivity index (χ2n) is 5.20. The van der Waals surface area contributed by atoms with Crippen LogP contribution in [0.4, 0.5) is 4.79 Å². The summed E-state index contributed by atoms with van der Waals surface area (Å²) in [6, 6.07) is 7.91. The summed E-state index contributed by atoms with van der Waals surface area (Å²) in [7, 11) is 0. The lowest BCUT2D eigenvalue weighted by Crippen LogP contribution is -2.27. The molecule has 110 valence electrons. The monoisotopic (exact) mass is 350 g/mol. The maximum absolute atomic E-state index is 11.0. The molecule has 1 saturated heterocycles. The zero-order chi connectivity index (χ0) is 14.8. The van der Waals surface area contributed by atoms with E-state index in [0.29, 0.717) is 19.0 Å². The third-order valence-corrected chi connectivity index (χ3v) is 4.26. The van der Waals surface area contributed by atoms with E-state index in [0.717, 1.165) is 28.8 Å². The summed E-state index contributed by atoms with van der Waals surface area (Å²) < 4.78 is 3.02. The predicted octanol–water partition coefficient (Wildman–Crippen LogP) is 2.71. The van der Waals surface area contributed by atoms with Crippen molar-refractivity contribution < 1.29 is 9.90 Å². The molecule has 7 heteroatoms.